The zero-order valence-electron chi connectivity index (χ0n) is 12.9. The number of carboxylic acids is 1. The van der Waals surface area contributed by atoms with Crippen LogP contribution in [-0.2, 0) is 4.79 Å². The Hall–Kier alpha value is -1.56. The summed E-state index contributed by atoms with van der Waals surface area (Å²) in [6.07, 6.45) is 0. The van der Waals surface area contributed by atoms with E-state index >= 15 is 0 Å². The molecule has 6 heteroatoms. The highest BCUT2D eigenvalue weighted by atomic mass is 79.9. The van der Waals surface area contributed by atoms with E-state index in [-0.39, 0.29) is 0 Å². The van der Waals surface area contributed by atoms with Gasteiger partial charge in [0.2, 0.25) is 0 Å². The molecule has 116 valence electrons. The van der Waals surface area contributed by atoms with Crippen molar-refractivity contribution in [2.24, 2.45) is 5.41 Å². The summed E-state index contributed by atoms with van der Waals surface area (Å²) in [5.41, 5.74) is -0.322. The second kappa shape index (κ2) is 6.05. The molecule has 0 aliphatic heterocycles. The summed E-state index contributed by atoms with van der Waals surface area (Å²) in [5.74, 6) is -0.968. The fourth-order valence-electron chi connectivity index (χ4n) is 1.58. The Labute approximate surface area is 133 Å². The molecule has 0 spiro atoms. The van der Waals surface area contributed by atoms with Crippen molar-refractivity contribution >= 4 is 33.6 Å². The highest BCUT2D eigenvalue weighted by Gasteiger charge is 2.44. The molecule has 1 aromatic rings. The maximum atomic E-state index is 12.1. The van der Waals surface area contributed by atoms with E-state index in [1.807, 2.05) is 19.1 Å². The van der Waals surface area contributed by atoms with Gasteiger partial charge in [0.1, 0.15) is 0 Å². The monoisotopic (exact) mass is 356 g/mol. The smallest absolute Gasteiger partial charge is 0.319 e. The molecule has 21 heavy (non-hydrogen) atoms. The summed E-state index contributed by atoms with van der Waals surface area (Å²) < 4.78 is 0.771. The van der Waals surface area contributed by atoms with Crippen LogP contribution in [0.4, 0.5) is 10.5 Å². The van der Waals surface area contributed by atoms with Gasteiger partial charge in [0.05, 0.1) is 16.6 Å². The first-order valence-corrected chi connectivity index (χ1v) is 7.35. The molecule has 1 rings (SSSR count). The maximum Gasteiger partial charge on any atom is 0.319 e. The van der Waals surface area contributed by atoms with E-state index < -0.39 is 23.0 Å². The standard InChI is InChI=1S/C15H21BrN2O3/c1-9-6-7-11(10(16)8-9)17-13(21)18-15(4,5)14(2,3)12(19)20/h6-8H,1-5H3,(H,19,20)(H2,17,18,21). The van der Waals surface area contributed by atoms with Gasteiger partial charge < -0.3 is 15.7 Å². The summed E-state index contributed by atoms with van der Waals surface area (Å²) in [5, 5.41) is 14.7. The molecule has 0 heterocycles. The number of carbonyl (C=O) groups excluding carboxylic acids is 1. The lowest BCUT2D eigenvalue weighted by Gasteiger charge is -2.38. The lowest BCUT2D eigenvalue weighted by atomic mass is 9.74. The van der Waals surface area contributed by atoms with Crippen LogP contribution in [0.2, 0.25) is 0 Å². The van der Waals surface area contributed by atoms with Crippen molar-refractivity contribution in [1.29, 1.82) is 0 Å². The summed E-state index contributed by atoms with van der Waals surface area (Å²) in [6.45, 7) is 8.48. The SMILES string of the molecule is Cc1ccc(NC(=O)NC(C)(C)C(C)(C)C(=O)O)c(Br)c1. The molecule has 5 nitrogen and oxygen atoms in total. The van der Waals surface area contributed by atoms with E-state index in [1.165, 1.54) is 0 Å². The van der Waals surface area contributed by atoms with E-state index in [0.29, 0.717) is 5.69 Å². The van der Waals surface area contributed by atoms with Gasteiger partial charge in [-0.15, -0.1) is 0 Å². The maximum absolute atomic E-state index is 12.1. The van der Waals surface area contributed by atoms with Gasteiger partial charge >= 0.3 is 12.0 Å². The van der Waals surface area contributed by atoms with Crippen LogP contribution < -0.4 is 10.6 Å². The van der Waals surface area contributed by atoms with E-state index in [2.05, 4.69) is 26.6 Å². The van der Waals surface area contributed by atoms with Crippen molar-refractivity contribution in [2.45, 2.75) is 40.2 Å². The van der Waals surface area contributed by atoms with Gasteiger partial charge in [0.25, 0.3) is 0 Å². The molecule has 3 N–H and O–H groups in total. The number of hydrogen-bond donors (Lipinski definition) is 3. The Bertz CT molecular complexity index is 568. The first kappa shape index (κ1) is 17.5. The Morgan fingerprint density at radius 1 is 1.19 bits per heavy atom. The Balaban J connectivity index is 2.84. The summed E-state index contributed by atoms with van der Waals surface area (Å²) in [4.78, 5) is 23.4. The summed E-state index contributed by atoms with van der Waals surface area (Å²) >= 11 is 3.38. The van der Waals surface area contributed by atoms with Crippen LogP contribution in [0.15, 0.2) is 22.7 Å². The van der Waals surface area contributed by atoms with Crippen molar-refractivity contribution < 1.29 is 14.7 Å². The van der Waals surface area contributed by atoms with Gasteiger partial charge in [-0.3, -0.25) is 4.79 Å². The minimum absolute atomic E-state index is 0.445. The first-order valence-electron chi connectivity index (χ1n) is 6.56. The lowest BCUT2D eigenvalue weighted by Crippen LogP contribution is -2.57. The average molecular weight is 357 g/mol. The number of nitrogens with one attached hydrogen (secondary N) is 2. The van der Waals surface area contributed by atoms with E-state index in [1.54, 1.807) is 33.8 Å². The highest BCUT2D eigenvalue weighted by molar-refractivity contribution is 9.10. The van der Waals surface area contributed by atoms with Crippen LogP contribution >= 0.6 is 15.9 Å². The third-order valence-electron chi connectivity index (χ3n) is 3.90. The minimum atomic E-state index is -1.10. The number of anilines is 1. The van der Waals surface area contributed by atoms with Crippen molar-refractivity contribution in [3.8, 4) is 0 Å². The van der Waals surface area contributed by atoms with Gasteiger partial charge in [-0.2, -0.15) is 0 Å². The highest BCUT2D eigenvalue weighted by Crippen LogP contribution is 2.31. The number of carbonyl (C=O) groups is 2. The summed E-state index contributed by atoms with van der Waals surface area (Å²) in [6, 6.07) is 5.11. The lowest BCUT2D eigenvalue weighted by molar-refractivity contribution is -0.150. The number of hydrogen-bond acceptors (Lipinski definition) is 2. The molecular formula is C15H21BrN2O3. The largest absolute Gasteiger partial charge is 0.481 e. The van der Waals surface area contributed by atoms with Crippen molar-refractivity contribution in [1.82, 2.24) is 5.32 Å². The second-order valence-electron chi connectivity index (χ2n) is 6.12. The van der Waals surface area contributed by atoms with Crippen LogP contribution in [0.1, 0.15) is 33.3 Å². The number of aliphatic carboxylic acids is 1. The van der Waals surface area contributed by atoms with Crippen molar-refractivity contribution in [2.75, 3.05) is 5.32 Å². The van der Waals surface area contributed by atoms with E-state index in [0.717, 1.165) is 10.0 Å². The molecule has 0 fully saturated rings. The van der Waals surface area contributed by atoms with E-state index in [9.17, 15) is 14.7 Å². The Morgan fingerprint density at radius 3 is 2.24 bits per heavy atom. The number of carboxylic acid groups (broad SMARTS) is 1. The van der Waals surface area contributed by atoms with Crippen LogP contribution in [0.3, 0.4) is 0 Å². The second-order valence-corrected chi connectivity index (χ2v) is 6.97. The van der Waals surface area contributed by atoms with Gasteiger partial charge in [0, 0.05) is 4.47 Å². The molecule has 0 radical (unpaired) electrons. The zero-order valence-corrected chi connectivity index (χ0v) is 14.5. The minimum Gasteiger partial charge on any atom is -0.481 e. The molecule has 0 aliphatic carbocycles. The molecule has 0 aromatic heterocycles. The zero-order chi connectivity index (χ0) is 16.4. The van der Waals surface area contributed by atoms with Gasteiger partial charge in [-0.25, -0.2) is 4.79 Å². The average Bonchev–Trinajstić information content (AvgIpc) is 2.31. The molecule has 0 bridgehead atoms. The predicted octanol–water partition coefficient (Wildman–Crippen LogP) is 3.77. The number of rotatable bonds is 4. The molecule has 2 amide bonds. The molecule has 0 saturated carbocycles. The predicted molar refractivity (Wildman–Crippen MR) is 86.5 cm³/mol. The van der Waals surface area contributed by atoms with Gasteiger partial charge in [0.15, 0.2) is 0 Å². The van der Waals surface area contributed by atoms with Gasteiger partial charge in [-0.05, 0) is 68.2 Å². The molecule has 1 aromatic carbocycles. The van der Waals surface area contributed by atoms with Gasteiger partial charge in [-0.1, -0.05) is 6.07 Å². The number of halogens is 1. The first-order chi connectivity index (χ1) is 9.47. The molecular weight excluding hydrogens is 336 g/mol. The fraction of sp³-hybridized carbons (Fsp3) is 0.467. The third-order valence-corrected chi connectivity index (χ3v) is 4.55. The molecule has 0 aliphatic rings. The van der Waals surface area contributed by atoms with Crippen LogP contribution in [0, 0.1) is 12.3 Å². The number of aryl methyl sites for hydroxylation is 1. The van der Waals surface area contributed by atoms with E-state index in [4.69, 9.17) is 0 Å². The Kier molecular flexibility index (Phi) is 5.04. The number of benzene rings is 1. The number of amides is 2. The van der Waals surface area contributed by atoms with Crippen molar-refractivity contribution in [3.63, 3.8) is 0 Å². The van der Waals surface area contributed by atoms with Crippen LogP contribution in [0.25, 0.3) is 0 Å². The quantitative estimate of drug-likeness (QED) is 0.768. The third kappa shape index (κ3) is 3.97. The fourth-order valence-corrected chi connectivity index (χ4v) is 2.17. The number of urea groups is 1. The van der Waals surface area contributed by atoms with Crippen LogP contribution in [-0.4, -0.2) is 22.6 Å². The topological polar surface area (TPSA) is 78.4 Å². The molecule has 0 atom stereocenters. The molecule has 0 saturated heterocycles. The molecule has 0 unspecified atom stereocenters. The van der Waals surface area contributed by atoms with Crippen molar-refractivity contribution in [3.05, 3.63) is 28.2 Å². The summed E-state index contributed by atoms with van der Waals surface area (Å²) in [7, 11) is 0. The normalized spacial score (nSPS) is 11.9. The Morgan fingerprint density at radius 2 is 1.76 bits per heavy atom. The van der Waals surface area contributed by atoms with Crippen LogP contribution in [0.5, 0.6) is 0 Å².